The molecule has 0 N–H and O–H groups in total. The standard InChI is InChI=1S/C24H20F3N3O5/c25-24(26,27)16-1-8-22(28-14-16)34-18-3-5-19(6-4-18)35-23(31)30-11-9-29(10-12-30)17-2-7-20-21(13-17)33-15-32-20/h1-8,13-14H,9-12,15H2. The average Bonchev–Trinajstić information content (AvgIpc) is 3.33. The number of rotatable bonds is 4. The second kappa shape index (κ2) is 9.24. The molecule has 1 aromatic heterocycles. The maximum Gasteiger partial charge on any atom is 0.417 e. The van der Waals surface area contributed by atoms with Gasteiger partial charge in [0.15, 0.2) is 11.5 Å². The summed E-state index contributed by atoms with van der Waals surface area (Å²) in [5.74, 6) is 2.12. The number of hydrogen-bond acceptors (Lipinski definition) is 7. The number of pyridine rings is 1. The van der Waals surface area contributed by atoms with Crippen molar-refractivity contribution >= 4 is 11.8 Å². The van der Waals surface area contributed by atoms with Crippen LogP contribution in [0.3, 0.4) is 0 Å². The summed E-state index contributed by atoms with van der Waals surface area (Å²) in [6, 6.07) is 14.0. The number of aromatic nitrogens is 1. The van der Waals surface area contributed by atoms with Crippen molar-refractivity contribution in [1.29, 1.82) is 0 Å². The van der Waals surface area contributed by atoms with Crippen molar-refractivity contribution in [1.82, 2.24) is 9.88 Å². The Morgan fingerprint density at radius 2 is 1.60 bits per heavy atom. The quantitative estimate of drug-likeness (QED) is 0.516. The number of nitrogens with zero attached hydrogens (tertiary/aromatic N) is 3. The number of alkyl halides is 3. The predicted molar refractivity (Wildman–Crippen MR) is 118 cm³/mol. The van der Waals surface area contributed by atoms with E-state index in [1.165, 1.54) is 0 Å². The first-order valence-electron chi connectivity index (χ1n) is 10.8. The van der Waals surface area contributed by atoms with Crippen molar-refractivity contribution in [3.05, 3.63) is 66.4 Å². The van der Waals surface area contributed by atoms with Crippen LogP contribution >= 0.6 is 0 Å². The molecular formula is C24H20F3N3O5. The van der Waals surface area contributed by atoms with Gasteiger partial charge in [0.1, 0.15) is 11.5 Å². The number of fused-ring (bicyclic) bond motifs is 1. The summed E-state index contributed by atoms with van der Waals surface area (Å²) in [6.45, 7) is 2.49. The summed E-state index contributed by atoms with van der Waals surface area (Å²) in [7, 11) is 0. The lowest BCUT2D eigenvalue weighted by Gasteiger charge is -2.35. The van der Waals surface area contributed by atoms with Crippen molar-refractivity contribution in [3.8, 4) is 28.9 Å². The Bertz CT molecular complexity index is 1190. The van der Waals surface area contributed by atoms with Crippen LogP contribution in [0, 0.1) is 0 Å². The number of anilines is 1. The molecule has 35 heavy (non-hydrogen) atoms. The highest BCUT2D eigenvalue weighted by molar-refractivity contribution is 5.71. The molecule has 11 heteroatoms. The Morgan fingerprint density at radius 3 is 2.29 bits per heavy atom. The van der Waals surface area contributed by atoms with Gasteiger partial charge in [-0.1, -0.05) is 0 Å². The van der Waals surface area contributed by atoms with Gasteiger partial charge in [-0.3, -0.25) is 0 Å². The minimum Gasteiger partial charge on any atom is -0.454 e. The highest BCUT2D eigenvalue weighted by Gasteiger charge is 2.30. The molecule has 182 valence electrons. The first-order chi connectivity index (χ1) is 16.8. The molecule has 0 spiro atoms. The Morgan fingerprint density at radius 1 is 0.886 bits per heavy atom. The maximum atomic E-state index is 12.6. The number of ether oxygens (including phenoxy) is 4. The van der Waals surface area contributed by atoms with Crippen LogP contribution in [0.15, 0.2) is 60.8 Å². The summed E-state index contributed by atoms with van der Waals surface area (Å²) in [6.07, 6.45) is -4.22. The van der Waals surface area contributed by atoms with Crippen molar-refractivity contribution in [2.45, 2.75) is 6.18 Å². The number of carbonyl (C=O) groups is 1. The molecule has 3 heterocycles. The smallest absolute Gasteiger partial charge is 0.417 e. The molecule has 2 aliphatic rings. The summed E-state index contributed by atoms with van der Waals surface area (Å²) in [5, 5.41) is 0. The molecule has 2 aliphatic heterocycles. The average molecular weight is 487 g/mol. The van der Waals surface area contributed by atoms with Crippen molar-refractivity contribution in [2.24, 2.45) is 0 Å². The van der Waals surface area contributed by atoms with E-state index < -0.39 is 17.8 Å². The van der Waals surface area contributed by atoms with E-state index in [0.29, 0.717) is 49.6 Å². The van der Waals surface area contributed by atoms with Gasteiger partial charge in [-0.15, -0.1) is 0 Å². The first-order valence-corrected chi connectivity index (χ1v) is 10.8. The zero-order valence-corrected chi connectivity index (χ0v) is 18.3. The van der Waals surface area contributed by atoms with E-state index in [2.05, 4.69) is 9.88 Å². The number of carbonyl (C=O) groups excluding carboxylic acids is 1. The molecule has 0 atom stereocenters. The van der Waals surface area contributed by atoms with E-state index >= 15 is 0 Å². The molecule has 2 aromatic carbocycles. The third-order valence-electron chi connectivity index (χ3n) is 5.57. The van der Waals surface area contributed by atoms with Gasteiger partial charge in [0.25, 0.3) is 0 Å². The topological polar surface area (TPSA) is 73.4 Å². The van der Waals surface area contributed by atoms with Gasteiger partial charge in [-0.25, -0.2) is 9.78 Å². The van der Waals surface area contributed by atoms with Crippen LogP contribution in [-0.2, 0) is 6.18 Å². The van der Waals surface area contributed by atoms with Gasteiger partial charge in [-0.2, -0.15) is 13.2 Å². The van der Waals surface area contributed by atoms with Crippen LogP contribution < -0.4 is 23.8 Å². The van der Waals surface area contributed by atoms with Gasteiger partial charge in [0.05, 0.1) is 5.56 Å². The minimum absolute atomic E-state index is 0.0167. The van der Waals surface area contributed by atoms with Gasteiger partial charge >= 0.3 is 12.3 Å². The van der Waals surface area contributed by atoms with Crippen molar-refractivity contribution in [2.75, 3.05) is 37.9 Å². The summed E-state index contributed by atoms with van der Waals surface area (Å²) < 4.78 is 59.6. The van der Waals surface area contributed by atoms with E-state index in [1.807, 2.05) is 18.2 Å². The lowest BCUT2D eigenvalue weighted by molar-refractivity contribution is -0.137. The van der Waals surface area contributed by atoms with Crippen LogP contribution in [0.2, 0.25) is 0 Å². The monoisotopic (exact) mass is 487 g/mol. The van der Waals surface area contributed by atoms with Crippen molar-refractivity contribution < 1.29 is 36.9 Å². The normalized spacial score (nSPS) is 15.2. The second-order valence-electron chi connectivity index (χ2n) is 7.84. The van der Waals surface area contributed by atoms with E-state index in [4.69, 9.17) is 18.9 Å². The third kappa shape index (κ3) is 5.18. The van der Waals surface area contributed by atoms with Crippen LogP contribution in [-0.4, -0.2) is 48.9 Å². The lowest BCUT2D eigenvalue weighted by atomic mass is 10.2. The third-order valence-corrected chi connectivity index (χ3v) is 5.57. The van der Waals surface area contributed by atoms with Crippen LogP contribution in [0.5, 0.6) is 28.9 Å². The molecule has 0 unspecified atom stereocenters. The first kappa shape index (κ1) is 22.6. The van der Waals surface area contributed by atoms with E-state index in [9.17, 15) is 18.0 Å². The Balaban J connectivity index is 1.12. The fraction of sp³-hybridized carbons (Fsp3) is 0.250. The SMILES string of the molecule is O=C(Oc1ccc(Oc2ccc(C(F)(F)F)cn2)cc1)N1CCN(c2ccc3c(c2)OCO3)CC1. The van der Waals surface area contributed by atoms with E-state index in [0.717, 1.165) is 23.6 Å². The zero-order chi connectivity index (χ0) is 24.4. The van der Waals surface area contributed by atoms with Gasteiger partial charge in [-0.05, 0) is 42.5 Å². The molecule has 8 nitrogen and oxygen atoms in total. The molecule has 0 aliphatic carbocycles. The van der Waals surface area contributed by atoms with Crippen LogP contribution in [0.25, 0.3) is 0 Å². The number of benzene rings is 2. The Labute approximate surface area is 198 Å². The highest BCUT2D eigenvalue weighted by atomic mass is 19.4. The van der Waals surface area contributed by atoms with Crippen LogP contribution in [0.4, 0.5) is 23.7 Å². The summed E-state index contributed by atoms with van der Waals surface area (Å²) in [4.78, 5) is 20.0. The van der Waals surface area contributed by atoms with Gasteiger partial charge < -0.3 is 28.7 Å². The zero-order valence-electron chi connectivity index (χ0n) is 18.3. The molecule has 1 fully saturated rings. The number of amides is 1. The number of hydrogen-bond donors (Lipinski definition) is 0. The van der Waals surface area contributed by atoms with Gasteiger partial charge in [0, 0.05) is 50.2 Å². The molecule has 0 radical (unpaired) electrons. The largest absolute Gasteiger partial charge is 0.454 e. The molecule has 3 aromatic rings. The Kier molecular flexibility index (Phi) is 5.98. The molecule has 5 rings (SSSR count). The predicted octanol–water partition coefficient (Wildman–Crippen LogP) is 4.94. The highest BCUT2D eigenvalue weighted by Crippen LogP contribution is 2.36. The molecular weight excluding hydrogens is 467 g/mol. The number of halogens is 3. The van der Waals surface area contributed by atoms with E-state index in [-0.39, 0.29) is 12.7 Å². The van der Waals surface area contributed by atoms with Crippen molar-refractivity contribution in [3.63, 3.8) is 0 Å². The molecule has 1 saturated heterocycles. The fourth-order valence-electron chi connectivity index (χ4n) is 3.70. The van der Waals surface area contributed by atoms with E-state index in [1.54, 1.807) is 29.2 Å². The molecule has 0 bridgehead atoms. The maximum absolute atomic E-state index is 12.6. The number of piperazine rings is 1. The second-order valence-corrected chi connectivity index (χ2v) is 7.84. The lowest BCUT2D eigenvalue weighted by Crippen LogP contribution is -2.49. The molecule has 1 amide bonds. The molecule has 0 saturated carbocycles. The fourth-order valence-corrected chi connectivity index (χ4v) is 3.70. The Hall–Kier alpha value is -4.15. The minimum atomic E-state index is -4.46. The van der Waals surface area contributed by atoms with Crippen LogP contribution in [0.1, 0.15) is 5.56 Å². The summed E-state index contributed by atoms with van der Waals surface area (Å²) >= 11 is 0. The summed E-state index contributed by atoms with van der Waals surface area (Å²) in [5.41, 5.74) is 0.143. The van der Waals surface area contributed by atoms with Gasteiger partial charge in [0.2, 0.25) is 12.7 Å².